The lowest BCUT2D eigenvalue weighted by atomic mass is 10.2. The Hall–Kier alpha value is -0.870. The van der Waals surface area contributed by atoms with E-state index in [9.17, 15) is 4.79 Å². The van der Waals surface area contributed by atoms with E-state index in [1.54, 1.807) is 11.3 Å². The Labute approximate surface area is 100 Å². The van der Waals surface area contributed by atoms with Crippen LogP contribution in [0.15, 0.2) is 12.1 Å². The highest BCUT2D eigenvalue weighted by molar-refractivity contribution is 7.12. The predicted octanol–water partition coefficient (Wildman–Crippen LogP) is 2.65. The van der Waals surface area contributed by atoms with E-state index in [2.05, 4.69) is 19.2 Å². The van der Waals surface area contributed by atoms with Gasteiger partial charge < -0.3 is 10.4 Å². The van der Waals surface area contributed by atoms with Gasteiger partial charge in [-0.2, -0.15) is 0 Å². The average molecular weight is 241 g/mol. The molecular weight excluding hydrogens is 222 g/mol. The van der Waals surface area contributed by atoms with Crippen molar-refractivity contribution < 1.29 is 9.90 Å². The lowest BCUT2D eigenvalue weighted by Crippen LogP contribution is -2.26. The number of thiophene rings is 1. The number of carboxylic acid groups (broad SMARTS) is 1. The number of hydrogen-bond donors (Lipinski definition) is 2. The summed E-state index contributed by atoms with van der Waals surface area (Å²) in [5.41, 5.74) is 0. The van der Waals surface area contributed by atoms with Gasteiger partial charge in [-0.15, -0.1) is 11.3 Å². The highest BCUT2D eigenvalue weighted by Crippen LogP contribution is 2.17. The maximum absolute atomic E-state index is 10.5. The monoisotopic (exact) mass is 241 g/mol. The largest absolute Gasteiger partial charge is 0.481 e. The molecule has 0 amide bonds. The third-order valence-corrected chi connectivity index (χ3v) is 3.68. The molecule has 0 atom stereocenters. The Bertz CT molecular complexity index is 332. The molecule has 1 rings (SSSR count). The minimum absolute atomic E-state index is 0.135. The van der Waals surface area contributed by atoms with Gasteiger partial charge in [-0.25, -0.2) is 0 Å². The van der Waals surface area contributed by atoms with Crippen LogP contribution in [0.2, 0.25) is 0 Å². The Morgan fingerprint density at radius 2 is 2.00 bits per heavy atom. The molecule has 0 spiro atoms. The van der Waals surface area contributed by atoms with E-state index in [1.807, 2.05) is 12.1 Å². The third kappa shape index (κ3) is 4.33. The average Bonchev–Trinajstić information content (AvgIpc) is 2.66. The van der Waals surface area contributed by atoms with Gasteiger partial charge in [-0.3, -0.25) is 4.79 Å². The number of hydrogen-bond acceptors (Lipinski definition) is 3. The van der Waals surface area contributed by atoms with E-state index in [1.165, 1.54) is 4.88 Å². The zero-order valence-electron chi connectivity index (χ0n) is 9.82. The summed E-state index contributed by atoms with van der Waals surface area (Å²) in [6.45, 7) is 5.19. The maximum atomic E-state index is 10.5. The zero-order chi connectivity index (χ0) is 12.0. The molecule has 1 aromatic heterocycles. The normalized spacial score (nSPS) is 10.9. The molecule has 0 bridgehead atoms. The summed E-state index contributed by atoms with van der Waals surface area (Å²) in [4.78, 5) is 12.7. The summed E-state index contributed by atoms with van der Waals surface area (Å²) < 4.78 is 0. The molecule has 0 fully saturated rings. The first-order chi connectivity index (χ1) is 7.65. The first kappa shape index (κ1) is 13.2. The standard InChI is InChI=1S/C12H19NO2S/c1-3-9(4-2)13-8-11-6-5-10(16-11)7-12(14)15/h5-6,9,13H,3-4,7-8H2,1-2H3,(H,14,15). The Balaban J connectivity index is 2.42. The minimum Gasteiger partial charge on any atom is -0.481 e. The van der Waals surface area contributed by atoms with Crippen molar-refractivity contribution >= 4 is 17.3 Å². The van der Waals surface area contributed by atoms with Crippen LogP contribution >= 0.6 is 11.3 Å². The molecule has 0 aliphatic heterocycles. The lowest BCUT2D eigenvalue weighted by molar-refractivity contribution is -0.136. The molecule has 0 aliphatic carbocycles. The quantitative estimate of drug-likeness (QED) is 0.771. The van der Waals surface area contributed by atoms with Gasteiger partial charge in [-0.05, 0) is 25.0 Å². The van der Waals surface area contributed by atoms with E-state index in [0.29, 0.717) is 6.04 Å². The Morgan fingerprint density at radius 3 is 2.56 bits per heavy atom. The SMILES string of the molecule is CCC(CC)NCc1ccc(CC(=O)O)s1. The van der Waals surface area contributed by atoms with Crippen LogP contribution in [0.5, 0.6) is 0 Å². The number of nitrogens with one attached hydrogen (secondary N) is 1. The molecular formula is C12H19NO2S. The smallest absolute Gasteiger partial charge is 0.308 e. The van der Waals surface area contributed by atoms with E-state index in [0.717, 1.165) is 24.3 Å². The highest BCUT2D eigenvalue weighted by atomic mass is 32.1. The maximum Gasteiger partial charge on any atom is 0.308 e. The summed E-state index contributed by atoms with van der Waals surface area (Å²) >= 11 is 1.58. The van der Waals surface area contributed by atoms with Crippen molar-refractivity contribution in [1.29, 1.82) is 0 Å². The van der Waals surface area contributed by atoms with Gasteiger partial charge in [0.1, 0.15) is 0 Å². The van der Waals surface area contributed by atoms with Crippen molar-refractivity contribution in [3.63, 3.8) is 0 Å². The number of carboxylic acids is 1. The van der Waals surface area contributed by atoms with Gasteiger partial charge in [0.05, 0.1) is 6.42 Å². The topological polar surface area (TPSA) is 49.3 Å². The van der Waals surface area contributed by atoms with Gasteiger partial charge in [0.15, 0.2) is 0 Å². The molecule has 0 unspecified atom stereocenters. The molecule has 0 aliphatic rings. The van der Waals surface area contributed by atoms with E-state index < -0.39 is 5.97 Å². The van der Waals surface area contributed by atoms with Crippen LogP contribution in [0, 0.1) is 0 Å². The van der Waals surface area contributed by atoms with Crippen LogP contribution in [0.25, 0.3) is 0 Å². The van der Waals surface area contributed by atoms with Crippen molar-refractivity contribution in [2.75, 3.05) is 0 Å². The van der Waals surface area contributed by atoms with Gasteiger partial charge >= 0.3 is 5.97 Å². The van der Waals surface area contributed by atoms with Crippen LogP contribution in [0.1, 0.15) is 36.4 Å². The number of rotatable bonds is 7. The molecule has 3 nitrogen and oxygen atoms in total. The minimum atomic E-state index is -0.763. The Kier molecular flexibility index (Phi) is 5.49. The van der Waals surface area contributed by atoms with Gasteiger partial charge in [0, 0.05) is 22.3 Å². The summed E-state index contributed by atoms with van der Waals surface area (Å²) in [5, 5.41) is 12.1. The van der Waals surface area contributed by atoms with Crippen molar-refractivity contribution in [2.24, 2.45) is 0 Å². The Morgan fingerprint density at radius 1 is 1.38 bits per heavy atom. The summed E-state index contributed by atoms with van der Waals surface area (Å²) in [5.74, 6) is -0.763. The second-order valence-corrected chi connectivity index (χ2v) is 5.09. The van der Waals surface area contributed by atoms with Crippen LogP contribution in [0.3, 0.4) is 0 Å². The van der Waals surface area contributed by atoms with Gasteiger partial charge in [-0.1, -0.05) is 13.8 Å². The van der Waals surface area contributed by atoms with E-state index in [-0.39, 0.29) is 6.42 Å². The fraction of sp³-hybridized carbons (Fsp3) is 0.583. The zero-order valence-corrected chi connectivity index (χ0v) is 10.6. The fourth-order valence-corrected chi connectivity index (χ4v) is 2.54. The predicted molar refractivity (Wildman–Crippen MR) is 66.9 cm³/mol. The van der Waals surface area contributed by atoms with E-state index >= 15 is 0 Å². The van der Waals surface area contributed by atoms with Crippen LogP contribution in [-0.4, -0.2) is 17.1 Å². The molecule has 2 N–H and O–H groups in total. The second-order valence-electron chi connectivity index (χ2n) is 3.83. The first-order valence-corrected chi connectivity index (χ1v) is 6.50. The number of aliphatic carboxylic acids is 1. The summed E-state index contributed by atoms with van der Waals surface area (Å²) in [6, 6.07) is 4.48. The molecule has 4 heteroatoms. The molecule has 0 radical (unpaired) electrons. The second kappa shape index (κ2) is 6.66. The van der Waals surface area contributed by atoms with Crippen LogP contribution in [-0.2, 0) is 17.8 Å². The van der Waals surface area contributed by atoms with Crippen molar-refractivity contribution in [2.45, 2.75) is 45.7 Å². The molecule has 16 heavy (non-hydrogen) atoms. The lowest BCUT2D eigenvalue weighted by Gasteiger charge is -2.13. The van der Waals surface area contributed by atoms with Crippen molar-refractivity contribution in [3.8, 4) is 0 Å². The first-order valence-electron chi connectivity index (χ1n) is 5.68. The third-order valence-electron chi connectivity index (χ3n) is 2.59. The summed E-state index contributed by atoms with van der Waals surface area (Å²) in [7, 11) is 0. The molecule has 1 aromatic rings. The highest BCUT2D eigenvalue weighted by Gasteiger charge is 2.06. The fourth-order valence-electron chi connectivity index (χ4n) is 1.58. The molecule has 0 saturated carbocycles. The van der Waals surface area contributed by atoms with Gasteiger partial charge in [0.2, 0.25) is 0 Å². The van der Waals surface area contributed by atoms with Gasteiger partial charge in [0.25, 0.3) is 0 Å². The van der Waals surface area contributed by atoms with Crippen LogP contribution < -0.4 is 5.32 Å². The molecule has 1 heterocycles. The van der Waals surface area contributed by atoms with Crippen molar-refractivity contribution in [1.82, 2.24) is 5.32 Å². The molecule has 90 valence electrons. The number of carbonyl (C=O) groups is 1. The van der Waals surface area contributed by atoms with E-state index in [4.69, 9.17) is 5.11 Å². The van der Waals surface area contributed by atoms with Crippen molar-refractivity contribution in [3.05, 3.63) is 21.9 Å². The summed E-state index contributed by atoms with van der Waals surface area (Å²) in [6.07, 6.45) is 2.39. The van der Waals surface area contributed by atoms with Crippen LogP contribution in [0.4, 0.5) is 0 Å². The molecule has 0 aromatic carbocycles. The molecule has 0 saturated heterocycles.